The molecule has 0 aromatic heterocycles. The van der Waals surface area contributed by atoms with Crippen LogP contribution < -0.4 is 0 Å². The lowest BCUT2D eigenvalue weighted by atomic mass is 9.74. The zero-order chi connectivity index (χ0) is 10.2. The first-order chi connectivity index (χ1) is 6.57. The summed E-state index contributed by atoms with van der Waals surface area (Å²) in [6, 6.07) is 0. The summed E-state index contributed by atoms with van der Waals surface area (Å²) < 4.78 is 0. The highest BCUT2D eigenvalue weighted by molar-refractivity contribution is 4.88. The Hall–Kier alpha value is -0.0400. The maximum Gasteiger partial charge on any atom is 0.0125 e. The van der Waals surface area contributed by atoms with Crippen molar-refractivity contribution >= 4 is 0 Å². The number of fused-ring (bicyclic) bond motifs is 1. The smallest absolute Gasteiger partial charge is 0.0125 e. The Balaban J connectivity index is 1.96. The van der Waals surface area contributed by atoms with E-state index in [4.69, 9.17) is 0 Å². The average molecular weight is 195 g/mol. The van der Waals surface area contributed by atoms with Crippen molar-refractivity contribution in [3.05, 3.63) is 0 Å². The standard InChI is InChI=1S/C13H25N/c1-13(2,3)14-9-8-11-6-4-5-7-12(11)10-14/h11-12H,4-10H2,1-3H3/t11-,12-/m1/s1. The highest BCUT2D eigenvalue weighted by Gasteiger charge is 2.34. The van der Waals surface area contributed by atoms with Crippen molar-refractivity contribution in [2.45, 2.75) is 58.4 Å². The van der Waals surface area contributed by atoms with Crippen LogP contribution in [0.3, 0.4) is 0 Å². The molecule has 0 spiro atoms. The first kappa shape index (κ1) is 10.5. The minimum atomic E-state index is 0.391. The van der Waals surface area contributed by atoms with Crippen LogP contribution in [0.2, 0.25) is 0 Å². The molecule has 0 aromatic rings. The molecule has 1 saturated carbocycles. The molecule has 0 aromatic carbocycles. The maximum absolute atomic E-state index is 2.69. The molecule has 0 radical (unpaired) electrons. The van der Waals surface area contributed by atoms with Crippen molar-refractivity contribution in [3.8, 4) is 0 Å². The highest BCUT2D eigenvalue weighted by atomic mass is 15.2. The topological polar surface area (TPSA) is 3.24 Å². The Kier molecular flexibility index (Phi) is 2.88. The normalized spacial score (nSPS) is 35.4. The number of hydrogen-bond acceptors (Lipinski definition) is 1. The van der Waals surface area contributed by atoms with Crippen LogP contribution in [-0.4, -0.2) is 23.5 Å². The van der Waals surface area contributed by atoms with E-state index < -0.39 is 0 Å². The summed E-state index contributed by atoms with van der Waals surface area (Å²) >= 11 is 0. The molecule has 0 N–H and O–H groups in total. The highest BCUT2D eigenvalue weighted by Crippen LogP contribution is 2.37. The van der Waals surface area contributed by atoms with Gasteiger partial charge in [0.1, 0.15) is 0 Å². The molecular formula is C13H25N. The van der Waals surface area contributed by atoms with Gasteiger partial charge in [0.15, 0.2) is 0 Å². The van der Waals surface area contributed by atoms with E-state index in [1.807, 2.05) is 0 Å². The molecule has 0 unspecified atom stereocenters. The maximum atomic E-state index is 2.69. The van der Waals surface area contributed by atoms with Gasteiger partial charge in [0.2, 0.25) is 0 Å². The molecule has 1 heteroatoms. The lowest BCUT2D eigenvalue weighted by Crippen LogP contribution is -2.50. The molecule has 2 atom stereocenters. The van der Waals surface area contributed by atoms with E-state index in [0.717, 1.165) is 11.8 Å². The van der Waals surface area contributed by atoms with Gasteiger partial charge in [0, 0.05) is 12.1 Å². The van der Waals surface area contributed by atoms with Crippen molar-refractivity contribution < 1.29 is 0 Å². The van der Waals surface area contributed by atoms with E-state index in [-0.39, 0.29) is 0 Å². The average Bonchev–Trinajstić information content (AvgIpc) is 2.16. The molecule has 1 aliphatic carbocycles. The summed E-state index contributed by atoms with van der Waals surface area (Å²) in [6.07, 6.45) is 7.46. The summed E-state index contributed by atoms with van der Waals surface area (Å²) in [7, 11) is 0. The van der Waals surface area contributed by atoms with E-state index in [1.165, 1.54) is 45.2 Å². The SMILES string of the molecule is CC(C)(C)N1CC[C@H]2CCCC[C@@H]2C1. The van der Waals surface area contributed by atoms with Crippen molar-refractivity contribution in [2.24, 2.45) is 11.8 Å². The van der Waals surface area contributed by atoms with Crippen molar-refractivity contribution in [1.82, 2.24) is 4.90 Å². The fourth-order valence-corrected chi connectivity index (χ4v) is 3.21. The van der Waals surface area contributed by atoms with Crippen LogP contribution in [0.1, 0.15) is 52.9 Å². The monoisotopic (exact) mass is 195 g/mol. The fourth-order valence-electron chi connectivity index (χ4n) is 3.21. The minimum absolute atomic E-state index is 0.391. The largest absolute Gasteiger partial charge is 0.298 e. The zero-order valence-corrected chi connectivity index (χ0v) is 10.1. The van der Waals surface area contributed by atoms with Crippen LogP contribution in [-0.2, 0) is 0 Å². The van der Waals surface area contributed by atoms with Gasteiger partial charge in [0.05, 0.1) is 0 Å². The summed E-state index contributed by atoms with van der Waals surface area (Å²) in [6.45, 7) is 9.78. The van der Waals surface area contributed by atoms with Gasteiger partial charge in [0.25, 0.3) is 0 Å². The molecule has 2 fully saturated rings. The van der Waals surface area contributed by atoms with E-state index in [0.29, 0.717) is 5.54 Å². The zero-order valence-electron chi connectivity index (χ0n) is 10.1. The Bertz CT molecular complexity index is 192. The predicted octanol–water partition coefficient (Wildman–Crippen LogP) is 3.30. The minimum Gasteiger partial charge on any atom is -0.298 e. The molecule has 1 aliphatic heterocycles. The number of piperidine rings is 1. The van der Waals surface area contributed by atoms with E-state index in [1.54, 1.807) is 0 Å². The summed E-state index contributed by atoms with van der Waals surface area (Å²) in [5.74, 6) is 2.10. The van der Waals surface area contributed by atoms with Gasteiger partial charge in [-0.1, -0.05) is 19.3 Å². The molecule has 82 valence electrons. The van der Waals surface area contributed by atoms with Crippen LogP contribution in [0, 0.1) is 11.8 Å². The molecule has 2 aliphatic rings. The molecule has 14 heavy (non-hydrogen) atoms. The molecule has 1 heterocycles. The Morgan fingerprint density at radius 2 is 1.57 bits per heavy atom. The third-order valence-corrected chi connectivity index (χ3v) is 4.24. The van der Waals surface area contributed by atoms with Crippen molar-refractivity contribution in [3.63, 3.8) is 0 Å². The third-order valence-electron chi connectivity index (χ3n) is 4.24. The van der Waals surface area contributed by atoms with Gasteiger partial charge >= 0.3 is 0 Å². The number of likely N-dealkylation sites (tertiary alicyclic amines) is 1. The fraction of sp³-hybridized carbons (Fsp3) is 1.00. The van der Waals surface area contributed by atoms with Gasteiger partial charge in [-0.3, -0.25) is 4.90 Å². The summed E-state index contributed by atoms with van der Waals surface area (Å²) in [5, 5.41) is 0. The lowest BCUT2D eigenvalue weighted by molar-refractivity contribution is 0.0287. The van der Waals surface area contributed by atoms with Crippen molar-refractivity contribution in [2.75, 3.05) is 13.1 Å². The van der Waals surface area contributed by atoms with E-state index in [2.05, 4.69) is 25.7 Å². The second kappa shape index (κ2) is 3.84. The first-order valence-electron chi connectivity index (χ1n) is 6.32. The quantitative estimate of drug-likeness (QED) is 0.573. The molecule has 1 nitrogen and oxygen atoms in total. The van der Waals surface area contributed by atoms with E-state index >= 15 is 0 Å². The Morgan fingerprint density at radius 3 is 2.21 bits per heavy atom. The van der Waals surface area contributed by atoms with Crippen LogP contribution in [0.15, 0.2) is 0 Å². The van der Waals surface area contributed by atoms with Gasteiger partial charge in [-0.2, -0.15) is 0 Å². The number of hydrogen-bond donors (Lipinski definition) is 0. The summed E-state index contributed by atoms with van der Waals surface area (Å²) in [5.41, 5.74) is 0.391. The van der Waals surface area contributed by atoms with Crippen LogP contribution in [0.25, 0.3) is 0 Å². The molecule has 1 saturated heterocycles. The van der Waals surface area contributed by atoms with Gasteiger partial charge in [-0.05, 0) is 52.0 Å². The third kappa shape index (κ3) is 2.13. The molecule has 0 amide bonds. The van der Waals surface area contributed by atoms with Crippen molar-refractivity contribution in [1.29, 1.82) is 0 Å². The van der Waals surface area contributed by atoms with Gasteiger partial charge in [-0.25, -0.2) is 0 Å². The van der Waals surface area contributed by atoms with Crippen LogP contribution in [0.4, 0.5) is 0 Å². The molecule has 0 bridgehead atoms. The summed E-state index contributed by atoms with van der Waals surface area (Å²) in [4.78, 5) is 2.69. The van der Waals surface area contributed by atoms with Gasteiger partial charge in [-0.15, -0.1) is 0 Å². The first-order valence-corrected chi connectivity index (χ1v) is 6.32. The predicted molar refractivity (Wildman–Crippen MR) is 61.4 cm³/mol. The lowest BCUT2D eigenvalue weighted by Gasteiger charge is -2.46. The van der Waals surface area contributed by atoms with Crippen LogP contribution in [0.5, 0.6) is 0 Å². The van der Waals surface area contributed by atoms with E-state index in [9.17, 15) is 0 Å². The molecule has 2 rings (SSSR count). The molecular weight excluding hydrogens is 170 g/mol. The second-order valence-electron chi connectivity index (χ2n) is 6.21. The Morgan fingerprint density at radius 1 is 0.929 bits per heavy atom. The number of nitrogens with zero attached hydrogens (tertiary/aromatic N) is 1. The second-order valence-corrected chi connectivity index (χ2v) is 6.21. The number of rotatable bonds is 0. The van der Waals surface area contributed by atoms with Gasteiger partial charge < -0.3 is 0 Å². The van der Waals surface area contributed by atoms with Crippen LogP contribution >= 0.6 is 0 Å². The Labute approximate surface area is 88.9 Å².